The van der Waals surface area contributed by atoms with Crippen molar-refractivity contribution in [3.63, 3.8) is 0 Å². The standard InChI is InChI=1S/C11H22N2O/c1-4-10(5-12)11(14)13-6-8(2)9(3)7-13/h8-10H,4-7,12H2,1-3H3. The van der Waals surface area contributed by atoms with Gasteiger partial charge < -0.3 is 10.6 Å². The average molecular weight is 198 g/mol. The number of nitrogens with zero attached hydrogens (tertiary/aromatic N) is 1. The number of likely N-dealkylation sites (tertiary alicyclic amines) is 1. The van der Waals surface area contributed by atoms with Gasteiger partial charge in [-0.05, 0) is 18.3 Å². The maximum Gasteiger partial charge on any atom is 0.226 e. The lowest BCUT2D eigenvalue weighted by molar-refractivity contribution is -0.134. The first kappa shape index (κ1) is 11.5. The lowest BCUT2D eigenvalue weighted by Gasteiger charge is -2.21. The quantitative estimate of drug-likeness (QED) is 0.737. The minimum absolute atomic E-state index is 0.0347. The minimum Gasteiger partial charge on any atom is -0.342 e. The SMILES string of the molecule is CCC(CN)C(=O)N1CC(C)C(C)C1. The van der Waals surface area contributed by atoms with Crippen LogP contribution in [0.2, 0.25) is 0 Å². The summed E-state index contributed by atoms with van der Waals surface area (Å²) in [4.78, 5) is 13.9. The van der Waals surface area contributed by atoms with Gasteiger partial charge in [0, 0.05) is 19.6 Å². The first-order valence-corrected chi connectivity index (χ1v) is 5.59. The number of rotatable bonds is 3. The lowest BCUT2D eigenvalue weighted by atomic mass is 10.0. The van der Waals surface area contributed by atoms with Crippen LogP contribution < -0.4 is 5.73 Å². The molecule has 3 heteroatoms. The molecule has 0 radical (unpaired) electrons. The van der Waals surface area contributed by atoms with Crippen molar-refractivity contribution in [2.75, 3.05) is 19.6 Å². The summed E-state index contributed by atoms with van der Waals surface area (Å²) in [6.07, 6.45) is 0.856. The van der Waals surface area contributed by atoms with E-state index in [0.717, 1.165) is 19.5 Å². The van der Waals surface area contributed by atoms with E-state index in [9.17, 15) is 4.79 Å². The van der Waals surface area contributed by atoms with E-state index in [0.29, 0.717) is 18.4 Å². The Balaban J connectivity index is 2.54. The fourth-order valence-electron chi connectivity index (χ4n) is 2.01. The summed E-state index contributed by atoms with van der Waals surface area (Å²) in [6.45, 7) is 8.75. The smallest absolute Gasteiger partial charge is 0.226 e. The Kier molecular flexibility index (Phi) is 3.93. The molecule has 3 atom stereocenters. The second kappa shape index (κ2) is 4.78. The van der Waals surface area contributed by atoms with Gasteiger partial charge in [0.25, 0.3) is 0 Å². The normalized spacial score (nSPS) is 29.3. The van der Waals surface area contributed by atoms with Crippen LogP contribution in [0.25, 0.3) is 0 Å². The van der Waals surface area contributed by atoms with Crippen molar-refractivity contribution in [3.05, 3.63) is 0 Å². The number of nitrogens with two attached hydrogens (primary N) is 1. The Bertz CT molecular complexity index is 191. The molecule has 0 saturated carbocycles. The highest BCUT2D eigenvalue weighted by Crippen LogP contribution is 2.23. The van der Waals surface area contributed by atoms with Gasteiger partial charge in [0.05, 0.1) is 5.92 Å². The van der Waals surface area contributed by atoms with Gasteiger partial charge in [0.1, 0.15) is 0 Å². The van der Waals surface area contributed by atoms with E-state index in [1.54, 1.807) is 0 Å². The molecule has 1 amide bonds. The van der Waals surface area contributed by atoms with E-state index in [1.165, 1.54) is 0 Å². The van der Waals surface area contributed by atoms with Crippen molar-refractivity contribution < 1.29 is 4.79 Å². The zero-order valence-electron chi connectivity index (χ0n) is 9.49. The predicted octanol–water partition coefficient (Wildman–Crippen LogP) is 1.09. The van der Waals surface area contributed by atoms with Gasteiger partial charge in [-0.3, -0.25) is 4.79 Å². The highest BCUT2D eigenvalue weighted by atomic mass is 16.2. The molecule has 3 nitrogen and oxygen atoms in total. The Morgan fingerprint density at radius 1 is 1.43 bits per heavy atom. The largest absolute Gasteiger partial charge is 0.342 e. The van der Waals surface area contributed by atoms with Gasteiger partial charge in [-0.25, -0.2) is 0 Å². The monoisotopic (exact) mass is 198 g/mol. The molecule has 14 heavy (non-hydrogen) atoms. The van der Waals surface area contributed by atoms with Crippen LogP contribution in [0, 0.1) is 17.8 Å². The summed E-state index contributed by atoms with van der Waals surface area (Å²) < 4.78 is 0. The molecular weight excluding hydrogens is 176 g/mol. The van der Waals surface area contributed by atoms with Gasteiger partial charge in [-0.1, -0.05) is 20.8 Å². The van der Waals surface area contributed by atoms with Crippen molar-refractivity contribution in [2.45, 2.75) is 27.2 Å². The van der Waals surface area contributed by atoms with Crippen molar-refractivity contribution in [1.29, 1.82) is 0 Å². The fourth-order valence-corrected chi connectivity index (χ4v) is 2.01. The van der Waals surface area contributed by atoms with E-state index >= 15 is 0 Å². The van der Waals surface area contributed by atoms with E-state index < -0.39 is 0 Å². The molecule has 0 aromatic carbocycles. The van der Waals surface area contributed by atoms with Crippen LogP contribution in [0.3, 0.4) is 0 Å². The molecule has 0 bridgehead atoms. The van der Waals surface area contributed by atoms with Crippen LogP contribution in [-0.4, -0.2) is 30.4 Å². The third kappa shape index (κ3) is 2.27. The minimum atomic E-state index is 0.0347. The second-order valence-electron chi connectivity index (χ2n) is 4.54. The molecule has 2 N–H and O–H groups in total. The summed E-state index contributed by atoms with van der Waals surface area (Å²) in [6, 6.07) is 0. The Morgan fingerprint density at radius 2 is 1.93 bits per heavy atom. The molecule has 0 aromatic rings. The number of carbonyl (C=O) groups excluding carboxylic acids is 1. The zero-order chi connectivity index (χ0) is 10.7. The van der Waals surface area contributed by atoms with E-state index in [4.69, 9.17) is 5.73 Å². The molecule has 1 heterocycles. The van der Waals surface area contributed by atoms with Crippen LogP contribution >= 0.6 is 0 Å². The Morgan fingerprint density at radius 3 is 2.29 bits per heavy atom. The van der Waals surface area contributed by atoms with Crippen LogP contribution in [0.15, 0.2) is 0 Å². The third-order valence-electron chi connectivity index (χ3n) is 3.43. The molecule has 0 aromatic heterocycles. The molecule has 82 valence electrons. The summed E-state index contributed by atoms with van der Waals surface area (Å²) >= 11 is 0. The molecule has 1 saturated heterocycles. The molecule has 0 spiro atoms. The predicted molar refractivity (Wildman–Crippen MR) is 57.7 cm³/mol. The highest BCUT2D eigenvalue weighted by Gasteiger charge is 2.31. The molecule has 1 rings (SSSR count). The van der Waals surface area contributed by atoms with Gasteiger partial charge in [-0.2, -0.15) is 0 Å². The summed E-state index contributed by atoms with van der Waals surface area (Å²) in [5.74, 6) is 1.56. The number of amides is 1. The topological polar surface area (TPSA) is 46.3 Å². The Labute approximate surface area is 86.6 Å². The lowest BCUT2D eigenvalue weighted by Crippen LogP contribution is -2.37. The van der Waals surface area contributed by atoms with Crippen LogP contribution in [-0.2, 0) is 4.79 Å². The molecular formula is C11H22N2O. The van der Waals surface area contributed by atoms with Crippen LogP contribution in [0.4, 0.5) is 0 Å². The zero-order valence-corrected chi connectivity index (χ0v) is 9.49. The summed E-state index contributed by atoms with van der Waals surface area (Å²) in [5.41, 5.74) is 5.57. The van der Waals surface area contributed by atoms with Crippen molar-refractivity contribution in [2.24, 2.45) is 23.5 Å². The van der Waals surface area contributed by atoms with E-state index in [2.05, 4.69) is 13.8 Å². The first-order chi connectivity index (χ1) is 6.60. The molecule has 3 unspecified atom stereocenters. The van der Waals surface area contributed by atoms with Gasteiger partial charge in [0.15, 0.2) is 0 Å². The number of carbonyl (C=O) groups is 1. The molecule has 1 aliphatic rings. The van der Waals surface area contributed by atoms with E-state index in [-0.39, 0.29) is 11.8 Å². The van der Waals surface area contributed by atoms with Crippen LogP contribution in [0.5, 0.6) is 0 Å². The van der Waals surface area contributed by atoms with Crippen molar-refractivity contribution >= 4 is 5.91 Å². The van der Waals surface area contributed by atoms with Crippen LogP contribution in [0.1, 0.15) is 27.2 Å². The summed E-state index contributed by atoms with van der Waals surface area (Å²) in [5, 5.41) is 0. The van der Waals surface area contributed by atoms with Gasteiger partial charge in [0.2, 0.25) is 5.91 Å². The first-order valence-electron chi connectivity index (χ1n) is 5.59. The molecule has 1 aliphatic heterocycles. The number of hydrogen-bond donors (Lipinski definition) is 1. The Hall–Kier alpha value is -0.570. The maximum absolute atomic E-state index is 11.9. The molecule has 0 aliphatic carbocycles. The third-order valence-corrected chi connectivity index (χ3v) is 3.43. The van der Waals surface area contributed by atoms with Gasteiger partial charge in [-0.15, -0.1) is 0 Å². The fraction of sp³-hybridized carbons (Fsp3) is 0.909. The van der Waals surface area contributed by atoms with Gasteiger partial charge >= 0.3 is 0 Å². The molecule has 1 fully saturated rings. The number of hydrogen-bond acceptors (Lipinski definition) is 2. The van der Waals surface area contributed by atoms with Crippen molar-refractivity contribution in [1.82, 2.24) is 4.90 Å². The highest BCUT2D eigenvalue weighted by molar-refractivity contribution is 5.79. The van der Waals surface area contributed by atoms with E-state index in [1.807, 2.05) is 11.8 Å². The summed E-state index contributed by atoms with van der Waals surface area (Å²) in [7, 11) is 0. The average Bonchev–Trinajstić information content (AvgIpc) is 2.49. The second-order valence-corrected chi connectivity index (χ2v) is 4.54. The van der Waals surface area contributed by atoms with Crippen molar-refractivity contribution in [3.8, 4) is 0 Å². The maximum atomic E-state index is 11.9.